The van der Waals surface area contributed by atoms with E-state index in [4.69, 9.17) is 5.21 Å². The van der Waals surface area contributed by atoms with Crippen molar-refractivity contribution in [1.82, 2.24) is 0 Å². The number of rotatable bonds is 0. The molecule has 0 saturated heterocycles. The summed E-state index contributed by atoms with van der Waals surface area (Å²) >= 11 is 0. The van der Waals surface area contributed by atoms with E-state index in [1.54, 1.807) is 0 Å². The Kier molecular flexibility index (Phi) is 2.14. The largest absolute Gasteiger partial charge is 0.410 e. The van der Waals surface area contributed by atoms with Gasteiger partial charge in [-0.25, -0.2) is 0 Å². The average Bonchev–Trinajstić information content (AvgIpc) is 2.06. The minimum atomic E-state index is -0.646. The van der Waals surface area contributed by atoms with Gasteiger partial charge in [-0.15, -0.1) is 0 Å². The minimum Gasteiger partial charge on any atom is -0.410 e. The Morgan fingerprint density at radius 2 is 2.00 bits per heavy atom. The summed E-state index contributed by atoms with van der Waals surface area (Å²) in [5.41, 5.74) is -1.25. The normalized spacial score (nSPS) is 13.8. The molecule has 0 aliphatic carbocycles. The summed E-state index contributed by atoms with van der Waals surface area (Å²) in [4.78, 5) is 25.5. The van der Waals surface area contributed by atoms with Crippen molar-refractivity contribution in [3.05, 3.63) is 43.3 Å². The van der Waals surface area contributed by atoms with Gasteiger partial charge in [0, 0.05) is 7.05 Å². The summed E-state index contributed by atoms with van der Waals surface area (Å²) in [6.45, 7) is 0. The third-order valence-corrected chi connectivity index (χ3v) is 1.41. The van der Waals surface area contributed by atoms with Crippen LogP contribution in [0.2, 0.25) is 0 Å². The molecule has 0 amide bonds. The molecule has 0 bridgehead atoms. The van der Waals surface area contributed by atoms with Crippen molar-refractivity contribution in [2.45, 2.75) is 0 Å². The van der Waals surface area contributed by atoms with Crippen molar-refractivity contribution in [1.29, 1.82) is 0 Å². The monoisotopic (exact) mass is 166 g/mol. The van der Waals surface area contributed by atoms with Gasteiger partial charge in [0.05, 0.1) is 0 Å². The molecule has 0 unspecified atom stereocenters. The number of hydrogen-bond donors (Lipinski definition) is 1. The van der Waals surface area contributed by atoms with Gasteiger partial charge in [0.1, 0.15) is 5.36 Å². The van der Waals surface area contributed by atoms with Crippen LogP contribution in [-0.2, 0) is 0 Å². The lowest BCUT2D eigenvalue weighted by molar-refractivity contribution is 0.300. The highest BCUT2D eigenvalue weighted by Gasteiger charge is 1.98. The quantitative estimate of drug-likeness (QED) is 0.361. The Morgan fingerprint density at radius 1 is 1.33 bits per heavy atom. The van der Waals surface area contributed by atoms with Crippen molar-refractivity contribution < 1.29 is 5.21 Å². The zero-order valence-corrected chi connectivity index (χ0v) is 6.31. The van der Waals surface area contributed by atoms with E-state index in [0.717, 1.165) is 6.07 Å². The topological polar surface area (TPSA) is 79.1 Å². The van der Waals surface area contributed by atoms with E-state index in [1.807, 2.05) is 0 Å². The second kappa shape index (κ2) is 3.08. The van der Waals surface area contributed by atoms with Gasteiger partial charge in [-0.3, -0.25) is 14.6 Å². The van der Waals surface area contributed by atoms with E-state index in [0.29, 0.717) is 0 Å². The van der Waals surface area contributed by atoms with Crippen molar-refractivity contribution >= 4 is 0 Å². The Morgan fingerprint density at radius 3 is 2.50 bits per heavy atom. The van der Waals surface area contributed by atoms with Crippen LogP contribution in [0.5, 0.6) is 0 Å². The third kappa shape index (κ3) is 1.16. The van der Waals surface area contributed by atoms with Crippen molar-refractivity contribution in [3.63, 3.8) is 0 Å². The van der Waals surface area contributed by atoms with Crippen molar-refractivity contribution in [3.8, 4) is 0 Å². The zero-order chi connectivity index (χ0) is 9.14. The number of nitrogens with zero attached hydrogens (tertiary/aromatic N) is 2. The number of benzene rings is 1. The van der Waals surface area contributed by atoms with Crippen molar-refractivity contribution in [2.24, 2.45) is 10.1 Å². The summed E-state index contributed by atoms with van der Waals surface area (Å²) in [7, 11) is 1.42. The predicted octanol–water partition coefficient (Wildman–Crippen LogP) is -1.90. The Balaban J connectivity index is 3.96. The first-order valence-corrected chi connectivity index (χ1v) is 3.16. The zero-order valence-electron chi connectivity index (χ0n) is 6.31. The molecule has 5 nitrogen and oxygen atoms in total. The maximum atomic E-state index is 11.1. The standard InChI is InChI=1S/C7H6N2O3/c1-8-4-2-3-5(10)6(9-12)7(4)11/h2-3,12H,1H3/b8-4?,9-6+. The SMILES string of the molecule is CN=c1ccc(=O)/c(=N\O)c1=O. The molecular formula is C7H6N2O3. The van der Waals surface area contributed by atoms with Gasteiger partial charge in [-0.2, -0.15) is 0 Å². The van der Waals surface area contributed by atoms with Gasteiger partial charge in [-0.1, -0.05) is 5.16 Å². The van der Waals surface area contributed by atoms with Gasteiger partial charge in [0.15, 0.2) is 5.36 Å². The molecule has 1 rings (SSSR count). The van der Waals surface area contributed by atoms with Crippen molar-refractivity contribution in [2.75, 3.05) is 7.05 Å². The molecule has 0 fully saturated rings. The third-order valence-electron chi connectivity index (χ3n) is 1.41. The molecule has 12 heavy (non-hydrogen) atoms. The molecule has 0 aromatic heterocycles. The molecule has 0 saturated carbocycles. The highest BCUT2D eigenvalue weighted by molar-refractivity contribution is 5.01. The molecule has 1 N–H and O–H groups in total. The van der Waals surface area contributed by atoms with E-state index >= 15 is 0 Å². The summed E-state index contributed by atoms with van der Waals surface area (Å²) < 4.78 is 0. The van der Waals surface area contributed by atoms with Crippen LogP contribution in [0.1, 0.15) is 0 Å². The van der Waals surface area contributed by atoms with Gasteiger partial charge < -0.3 is 5.21 Å². The van der Waals surface area contributed by atoms with Crippen LogP contribution in [0.4, 0.5) is 0 Å². The smallest absolute Gasteiger partial charge is 0.236 e. The fraction of sp³-hybridized carbons (Fsp3) is 0.143. The molecule has 0 spiro atoms. The van der Waals surface area contributed by atoms with E-state index in [9.17, 15) is 9.59 Å². The van der Waals surface area contributed by atoms with E-state index in [-0.39, 0.29) is 5.36 Å². The van der Waals surface area contributed by atoms with Crippen LogP contribution in [0.25, 0.3) is 0 Å². The molecule has 0 heterocycles. The Hall–Kier alpha value is -1.78. The van der Waals surface area contributed by atoms with Gasteiger partial charge >= 0.3 is 0 Å². The highest BCUT2D eigenvalue weighted by atomic mass is 16.4. The Labute approximate surface area is 66.7 Å². The first kappa shape index (κ1) is 8.32. The van der Waals surface area contributed by atoms with Crippen LogP contribution in [0.3, 0.4) is 0 Å². The minimum absolute atomic E-state index is 0.113. The lowest BCUT2D eigenvalue weighted by atomic mass is 10.3. The fourth-order valence-electron chi connectivity index (χ4n) is 0.813. The molecule has 0 aliphatic heterocycles. The molecule has 1 aromatic rings. The van der Waals surface area contributed by atoms with E-state index < -0.39 is 16.2 Å². The summed E-state index contributed by atoms with van der Waals surface area (Å²) in [5, 5.41) is 10.5. The lowest BCUT2D eigenvalue weighted by Crippen LogP contribution is -2.47. The average molecular weight is 166 g/mol. The molecule has 0 aliphatic rings. The number of hydrogen-bond acceptors (Lipinski definition) is 5. The van der Waals surface area contributed by atoms with Gasteiger partial charge in [0.25, 0.3) is 0 Å². The van der Waals surface area contributed by atoms with E-state index in [2.05, 4.69) is 10.1 Å². The maximum absolute atomic E-state index is 11.1. The van der Waals surface area contributed by atoms with E-state index in [1.165, 1.54) is 13.1 Å². The molecule has 0 radical (unpaired) electrons. The summed E-state index contributed by atoms with van der Waals surface area (Å²) in [6.07, 6.45) is 0. The lowest BCUT2D eigenvalue weighted by Gasteiger charge is -1.80. The molecule has 5 heteroatoms. The second-order valence-corrected chi connectivity index (χ2v) is 2.08. The molecule has 0 atom stereocenters. The molecule has 1 aromatic carbocycles. The highest BCUT2D eigenvalue weighted by Crippen LogP contribution is 1.54. The molecule has 62 valence electrons. The van der Waals surface area contributed by atoms with Gasteiger partial charge in [0.2, 0.25) is 10.9 Å². The van der Waals surface area contributed by atoms with Crippen LogP contribution in [0.15, 0.2) is 31.9 Å². The Bertz CT molecular complexity index is 495. The maximum Gasteiger partial charge on any atom is 0.236 e. The summed E-state index contributed by atoms with van der Waals surface area (Å²) in [6, 6.07) is 2.43. The van der Waals surface area contributed by atoms with Crippen LogP contribution in [0, 0.1) is 0 Å². The van der Waals surface area contributed by atoms with Crippen LogP contribution >= 0.6 is 0 Å². The van der Waals surface area contributed by atoms with Crippen LogP contribution in [-0.4, -0.2) is 12.3 Å². The first-order chi connectivity index (χ1) is 5.70. The predicted molar refractivity (Wildman–Crippen MR) is 40.2 cm³/mol. The fourth-order valence-corrected chi connectivity index (χ4v) is 0.813. The summed E-state index contributed by atoms with van der Waals surface area (Å²) in [5.74, 6) is 0. The first-order valence-electron chi connectivity index (χ1n) is 3.16. The second-order valence-electron chi connectivity index (χ2n) is 2.08. The van der Waals surface area contributed by atoms with Gasteiger partial charge in [-0.05, 0) is 12.1 Å². The van der Waals surface area contributed by atoms with Crippen LogP contribution < -0.4 is 21.6 Å². The molecular weight excluding hydrogens is 160 g/mol.